The van der Waals surface area contributed by atoms with Crippen LogP contribution in [-0.2, 0) is 14.4 Å². The van der Waals surface area contributed by atoms with E-state index < -0.39 is 47.7 Å². The number of fused-ring (bicyclic) bond motifs is 3. The van der Waals surface area contributed by atoms with E-state index in [2.05, 4.69) is 4.84 Å². The first-order chi connectivity index (χ1) is 13.9. The summed E-state index contributed by atoms with van der Waals surface area (Å²) in [6, 6.07) is 3.33. The molecular weight excluding hydrogens is 436 g/mol. The van der Waals surface area contributed by atoms with Crippen LogP contribution in [0, 0.1) is 5.82 Å². The smallest absolute Gasteiger partial charge is 0.484 e. The maximum atomic E-state index is 13.5. The summed E-state index contributed by atoms with van der Waals surface area (Å²) in [7, 11) is 0. The second-order valence-electron chi connectivity index (χ2n) is 7.61. The number of carbonyl (C=O) groups excluding carboxylic acids is 2. The number of hydrogen-bond donors (Lipinski definition) is 2. The maximum absolute atomic E-state index is 13.5. The lowest BCUT2D eigenvalue weighted by Crippen LogP contribution is -2.69. The number of ether oxygens (including phenoxy) is 1. The minimum absolute atomic E-state index is 0.0989. The van der Waals surface area contributed by atoms with Gasteiger partial charge in [-0.1, -0.05) is 11.6 Å². The van der Waals surface area contributed by atoms with Gasteiger partial charge in [-0.05, 0) is 37.8 Å². The van der Waals surface area contributed by atoms with Crippen molar-refractivity contribution < 1.29 is 41.8 Å². The Morgan fingerprint density at radius 3 is 2.43 bits per heavy atom. The molecule has 4 rings (SSSR count). The van der Waals surface area contributed by atoms with Crippen molar-refractivity contribution in [3.05, 3.63) is 29.0 Å². The molecule has 3 saturated carbocycles. The molecule has 166 valence electrons. The highest BCUT2D eigenvalue weighted by molar-refractivity contribution is 6.30. The van der Waals surface area contributed by atoms with Gasteiger partial charge in [0.2, 0.25) is 0 Å². The SMILES string of the molecule is NC12CCC(N(OC(=O)C(F)(F)F)C(=O)COc3ccc(Cl)c(F)c3)(CC1)C[C@H]2O. The van der Waals surface area contributed by atoms with Gasteiger partial charge < -0.3 is 20.4 Å². The zero-order chi connectivity index (χ0) is 22.3. The minimum atomic E-state index is -5.34. The number of aliphatic hydroxyl groups excluding tert-OH is 1. The van der Waals surface area contributed by atoms with E-state index in [1.165, 1.54) is 12.1 Å². The van der Waals surface area contributed by atoms with Crippen molar-refractivity contribution in [1.29, 1.82) is 0 Å². The lowest BCUT2D eigenvalue weighted by atomic mass is 9.60. The normalized spacial score (nSPS) is 28.2. The largest absolute Gasteiger partial charge is 0.493 e. The van der Waals surface area contributed by atoms with Crippen molar-refractivity contribution in [3.63, 3.8) is 0 Å². The van der Waals surface area contributed by atoms with E-state index in [-0.39, 0.29) is 42.9 Å². The second kappa shape index (κ2) is 7.86. The molecule has 1 atom stereocenters. The Kier molecular flexibility index (Phi) is 5.91. The van der Waals surface area contributed by atoms with Gasteiger partial charge >= 0.3 is 12.1 Å². The number of hydroxylamine groups is 2. The zero-order valence-corrected chi connectivity index (χ0v) is 16.3. The number of alkyl halides is 3. The van der Waals surface area contributed by atoms with E-state index >= 15 is 0 Å². The number of nitrogens with two attached hydrogens (primary N) is 1. The zero-order valence-electron chi connectivity index (χ0n) is 15.5. The van der Waals surface area contributed by atoms with Crippen LogP contribution in [0.15, 0.2) is 18.2 Å². The van der Waals surface area contributed by atoms with Crippen molar-refractivity contribution in [1.82, 2.24) is 5.06 Å². The van der Waals surface area contributed by atoms with Gasteiger partial charge in [0.05, 0.1) is 16.7 Å². The van der Waals surface area contributed by atoms with Gasteiger partial charge in [0.1, 0.15) is 11.6 Å². The first-order valence-electron chi connectivity index (χ1n) is 9.03. The number of aliphatic hydroxyl groups is 1. The van der Waals surface area contributed by atoms with Crippen LogP contribution in [0.4, 0.5) is 17.6 Å². The van der Waals surface area contributed by atoms with Gasteiger partial charge in [-0.25, -0.2) is 9.18 Å². The number of amides is 1. The van der Waals surface area contributed by atoms with Gasteiger partial charge in [0.15, 0.2) is 6.61 Å². The Morgan fingerprint density at radius 1 is 1.27 bits per heavy atom. The first-order valence-corrected chi connectivity index (χ1v) is 9.41. The number of hydrogen-bond acceptors (Lipinski definition) is 6. The monoisotopic (exact) mass is 454 g/mol. The Balaban J connectivity index is 1.81. The van der Waals surface area contributed by atoms with E-state index in [0.717, 1.165) is 6.07 Å². The van der Waals surface area contributed by atoms with Crippen LogP contribution in [0.3, 0.4) is 0 Å². The molecule has 3 fully saturated rings. The lowest BCUT2D eigenvalue weighted by Gasteiger charge is -2.56. The number of benzene rings is 1. The average molecular weight is 455 g/mol. The molecule has 30 heavy (non-hydrogen) atoms. The molecule has 0 saturated heterocycles. The Hall–Kier alpha value is -2.11. The highest BCUT2D eigenvalue weighted by Gasteiger charge is 2.58. The Labute approximate surface area is 173 Å². The summed E-state index contributed by atoms with van der Waals surface area (Å²) in [5.74, 6) is -4.59. The van der Waals surface area contributed by atoms with E-state index in [9.17, 15) is 32.3 Å². The summed E-state index contributed by atoms with van der Waals surface area (Å²) in [6.07, 6.45) is -5.87. The molecule has 3 aliphatic rings. The van der Waals surface area contributed by atoms with Gasteiger partial charge in [-0.2, -0.15) is 18.2 Å². The van der Waals surface area contributed by atoms with Gasteiger partial charge in [0, 0.05) is 18.0 Å². The number of rotatable bonds is 4. The van der Waals surface area contributed by atoms with E-state index in [1.54, 1.807) is 0 Å². The van der Waals surface area contributed by atoms with Crippen LogP contribution in [0.5, 0.6) is 5.75 Å². The molecule has 7 nitrogen and oxygen atoms in total. The summed E-state index contributed by atoms with van der Waals surface area (Å²) in [5.41, 5.74) is 3.84. The summed E-state index contributed by atoms with van der Waals surface area (Å²) >= 11 is 5.56. The van der Waals surface area contributed by atoms with Gasteiger partial charge in [-0.3, -0.25) is 4.79 Å². The fourth-order valence-corrected chi connectivity index (χ4v) is 4.00. The summed E-state index contributed by atoms with van der Waals surface area (Å²) in [4.78, 5) is 28.6. The average Bonchev–Trinajstić information content (AvgIpc) is 2.67. The van der Waals surface area contributed by atoms with Crippen molar-refractivity contribution in [2.75, 3.05) is 6.61 Å². The van der Waals surface area contributed by atoms with Gasteiger partial charge in [-0.15, -0.1) is 0 Å². The molecule has 3 N–H and O–H groups in total. The van der Waals surface area contributed by atoms with E-state index in [1.807, 2.05) is 0 Å². The molecule has 0 radical (unpaired) electrons. The number of nitrogens with zero attached hydrogens (tertiary/aromatic N) is 1. The molecular formula is C18H19ClF4N2O5. The Morgan fingerprint density at radius 2 is 1.90 bits per heavy atom. The third kappa shape index (κ3) is 4.33. The van der Waals surface area contributed by atoms with Crippen molar-refractivity contribution in [2.45, 2.75) is 55.5 Å². The molecule has 2 bridgehead atoms. The molecule has 0 aromatic heterocycles. The quantitative estimate of drug-likeness (QED) is 0.535. The summed E-state index contributed by atoms with van der Waals surface area (Å²) in [6.45, 7) is -0.835. The third-order valence-electron chi connectivity index (χ3n) is 5.66. The highest BCUT2D eigenvalue weighted by Crippen LogP contribution is 2.49. The summed E-state index contributed by atoms with van der Waals surface area (Å²) in [5, 5.41) is 10.5. The maximum Gasteiger partial charge on any atom is 0.493 e. The number of carbonyl (C=O) groups is 2. The van der Waals surface area contributed by atoms with Crippen LogP contribution < -0.4 is 10.5 Å². The van der Waals surface area contributed by atoms with Crippen molar-refractivity contribution >= 4 is 23.5 Å². The number of halogens is 5. The van der Waals surface area contributed by atoms with Crippen LogP contribution in [0.1, 0.15) is 32.1 Å². The van der Waals surface area contributed by atoms with Crippen LogP contribution in [0.25, 0.3) is 0 Å². The molecule has 1 aromatic carbocycles. The van der Waals surface area contributed by atoms with Crippen molar-refractivity contribution in [3.8, 4) is 5.75 Å². The topological polar surface area (TPSA) is 102 Å². The van der Waals surface area contributed by atoms with Gasteiger partial charge in [0.25, 0.3) is 5.91 Å². The van der Waals surface area contributed by atoms with E-state index in [0.29, 0.717) is 5.06 Å². The first kappa shape index (κ1) is 22.6. The standard InChI is InChI=1S/C18H19ClF4N2O5/c19-11-2-1-10(7-12(11)20)29-9-14(27)25(30-15(28)18(21,22)23)16-3-5-17(24,6-4-16)13(26)8-16/h1-2,7,13,26H,3-6,8-9,24H2/t13-,16?,17?/m1/s1. The molecule has 0 unspecified atom stereocenters. The van der Waals surface area contributed by atoms with Crippen LogP contribution in [-0.4, -0.2) is 52.0 Å². The molecule has 12 heteroatoms. The minimum Gasteiger partial charge on any atom is -0.484 e. The molecule has 1 aromatic rings. The fraction of sp³-hybridized carbons (Fsp3) is 0.556. The van der Waals surface area contributed by atoms with Crippen LogP contribution >= 0.6 is 11.6 Å². The highest BCUT2D eigenvalue weighted by atomic mass is 35.5. The molecule has 1 amide bonds. The third-order valence-corrected chi connectivity index (χ3v) is 5.97. The predicted molar refractivity (Wildman–Crippen MR) is 94.6 cm³/mol. The van der Waals surface area contributed by atoms with Crippen LogP contribution in [0.2, 0.25) is 5.02 Å². The van der Waals surface area contributed by atoms with E-state index in [4.69, 9.17) is 22.1 Å². The molecule has 0 spiro atoms. The second-order valence-corrected chi connectivity index (χ2v) is 8.01. The Bertz CT molecular complexity index is 842. The lowest BCUT2D eigenvalue weighted by molar-refractivity contribution is -0.268. The molecule has 3 aliphatic carbocycles. The molecule has 0 heterocycles. The molecule has 0 aliphatic heterocycles. The van der Waals surface area contributed by atoms with Crippen molar-refractivity contribution in [2.24, 2.45) is 5.73 Å². The summed E-state index contributed by atoms with van der Waals surface area (Å²) < 4.78 is 57.0. The fourth-order valence-electron chi connectivity index (χ4n) is 3.88. The predicted octanol–water partition coefficient (Wildman–Crippen LogP) is 2.48.